The maximum atomic E-state index is 13.0. The van der Waals surface area contributed by atoms with Gasteiger partial charge in [-0.15, -0.1) is 0 Å². The molecule has 0 spiro atoms. The molecular weight excluding hydrogens is 416 g/mol. The molecule has 3 rings (SSSR count). The Balaban J connectivity index is 1.71. The molecule has 0 unspecified atom stereocenters. The van der Waals surface area contributed by atoms with E-state index in [1.54, 1.807) is 60.3 Å². The highest BCUT2D eigenvalue weighted by molar-refractivity contribution is 7.98. The van der Waals surface area contributed by atoms with E-state index >= 15 is 0 Å². The lowest BCUT2D eigenvalue weighted by molar-refractivity contribution is -0.118. The molecule has 31 heavy (non-hydrogen) atoms. The van der Waals surface area contributed by atoms with Crippen LogP contribution in [0.25, 0.3) is 0 Å². The standard InChI is InChI=1S/C22H26N4O4S/c1-3-30-16-10-8-15(9-11-16)23-21(28)18(12-13-31-2)25-22(29)26-14-20(27)24-17-6-4-5-7-19(17)26/h4-11,18H,3,12-14H2,1-2H3,(H,23,28)(H,24,27)(H,25,29)/t18-/m0/s1. The normalized spacial score (nSPS) is 13.6. The molecule has 1 aliphatic heterocycles. The number of ether oxygens (including phenoxy) is 1. The average Bonchev–Trinajstić information content (AvgIpc) is 2.77. The number of urea groups is 1. The van der Waals surface area contributed by atoms with Crippen LogP contribution in [0.2, 0.25) is 0 Å². The van der Waals surface area contributed by atoms with Crippen molar-refractivity contribution in [2.75, 3.05) is 40.7 Å². The topological polar surface area (TPSA) is 99.8 Å². The van der Waals surface area contributed by atoms with Crippen molar-refractivity contribution in [3.8, 4) is 5.75 Å². The molecule has 4 amide bonds. The smallest absolute Gasteiger partial charge is 0.323 e. The Kier molecular flexibility index (Phi) is 7.77. The highest BCUT2D eigenvalue weighted by Gasteiger charge is 2.29. The summed E-state index contributed by atoms with van der Waals surface area (Å²) in [6, 6.07) is 12.9. The molecular formula is C22H26N4O4S. The highest BCUT2D eigenvalue weighted by Crippen LogP contribution is 2.29. The summed E-state index contributed by atoms with van der Waals surface area (Å²) in [6.07, 6.45) is 2.39. The summed E-state index contributed by atoms with van der Waals surface area (Å²) in [5.74, 6) is 0.808. The van der Waals surface area contributed by atoms with Gasteiger partial charge in [0.2, 0.25) is 11.8 Å². The monoisotopic (exact) mass is 442 g/mol. The van der Waals surface area contributed by atoms with Crippen molar-refractivity contribution in [1.82, 2.24) is 5.32 Å². The molecule has 0 saturated carbocycles. The van der Waals surface area contributed by atoms with Crippen molar-refractivity contribution in [1.29, 1.82) is 0 Å². The molecule has 1 aliphatic rings. The van der Waals surface area contributed by atoms with Gasteiger partial charge >= 0.3 is 6.03 Å². The Morgan fingerprint density at radius 2 is 1.94 bits per heavy atom. The van der Waals surface area contributed by atoms with Crippen LogP contribution in [0, 0.1) is 0 Å². The van der Waals surface area contributed by atoms with Gasteiger partial charge in [0.25, 0.3) is 0 Å². The lowest BCUT2D eigenvalue weighted by Crippen LogP contribution is -2.53. The van der Waals surface area contributed by atoms with Crippen LogP contribution in [0.15, 0.2) is 48.5 Å². The summed E-state index contributed by atoms with van der Waals surface area (Å²) in [5, 5.41) is 8.38. The number of hydrogen-bond acceptors (Lipinski definition) is 5. The summed E-state index contributed by atoms with van der Waals surface area (Å²) < 4.78 is 5.41. The summed E-state index contributed by atoms with van der Waals surface area (Å²) in [4.78, 5) is 39.3. The summed E-state index contributed by atoms with van der Waals surface area (Å²) in [7, 11) is 0. The van der Waals surface area contributed by atoms with E-state index in [4.69, 9.17) is 4.74 Å². The molecule has 164 valence electrons. The molecule has 2 aromatic carbocycles. The van der Waals surface area contributed by atoms with Gasteiger partial charge in [-0.2, -0.15) is 11.8 Å². The van der Waals surface area contributed by atoms with Crippen molar-refractivity contribution in [3.05, 3.63) is 48.5 Å². The zero-order valence-corrected chi connectivity index (χ0v) is 18.3. The van der Waals surface area contributed by atoms with E-state index in [0.29, 0.717) is 35.8 Å². The quantitative estimate of drug-likeness (QED) is 0.582. The molecule has 0 radical (unpaired) electrons. The maximum Gasteiger partial charge on any atom is 0.323 e. The Hall–Kier alpha value is -3.20. The number of hydrogen-bond donors (Lipinski definition) is 3. The van der Waals surface area contributed by atoms with Gasteiger partial charge in [0.1, 0.15) is 18.3 Å². The first-order chi connectivity index (χ1) is 15.0. The van der Waals surface area contributed by atoms with Gasteiger partial charge < -0.3 is 20.7 Å². The molecule has 2 aromatic rings. The van der Waals surface area contributed by atoms with E-state index in [0.717, 1.165) is 5.75 Å². The van der Waals surface area contributed by atoms with Crippen LogP contribution in [0.1, 0.15) is 13.3 Å². The minimum atomic E-state index is -0.747. The lowest BCUT2D eigenvalue weighted by Gasteiger charge is -2.30. The third-order valence-corrected chi connectivity index (χ3v) is 5.32. The zero-order valence-electron chi connectivity index (χ0n) is 17.5. The first-order valence-electron chi connectivity index (χ1n) is 10.0. The van der Waals surface area contributed by atoms with Gasteiger partial charge in [-0.25, -0.2) is 4.79 Å². The number of benzene rings is 2. The van der Waals surface area contributed by atoms with Crippen LogP contribution in [-0.2, 0) is 9.59 Å². The van der Waals surface area contributed by atoms with Crippen LogP contribution in [0.5, 0.6) is 5.75 Å². The second kappa shape index (κ2) is 10.7. The van der Waals surface area contributed by atoms with E-state index in [9.17, 15) is 14.4 Å². The molecule has 8 nitrogen and oxygen atoms in total. The number of nitrogens with zero attached hydrogens (tertiary/aromatic N) is 1. The summed E-state index contributed by atoms with van der Waals surface area (Å²) >= 11 is 1.59. The Morgan fingerprint density at radius 1 is 1.19 bits per heavy atom. The zero-order chi connectivity index (χ0) is 22.2. The fourth-order valence-corrected chi connectivity index (χ4v) is 3.65. The first-order valence-corrected chi connectivity index (χ1v) is 11.4. The second-order valence-corrected chi connectivity index (χ2v) is 7.87. The summed E-state index contributed by atoms with van der Waals surface area (Å²) in [6.45, 7) is 2.35. The largest absolute Gasteiger partial charge is 0.494 e. The van der Waals surface area contributed by atoms with Gasteiger partial charge in [-0.05, 0) is 61.8 Å². The third-order valence-electron chi connectivity index (χ3n) is 4.67. The van der Waals surface area contributed by atoms with Crippen molar-refractivity contribution in [2.45, 2.75) is 19.4 Å². The van der Waals surface area contributed by atoms with E-state index in [2.05, 4.69) is 16.0 Å². The number of nitrogens with one attached hydrogen (secondary N) is 3. The van der Waals surface area contributed by atoms with Gasteiger partial charge in [-0.3, -0.25) is 14.5 Å². The molecule has 0 aromatic heterocycles. The van der Waals surface area contributed by atoms with Gasteiger partial charge in [0, 0.05) is 5.69 Å². The number of carbonyl (C=O) groups excluding carboxylic acids is 3. The van der Waals surface area contributed by atoms with E-state index in [-0.39, 0.29) is 18.4 Å². The predicted molar refractivity (Wildman–Crippen MR) is 124 cm³/mol. The summed E-state index contributed by atoms with van der Waals surface area (Å²) in [5.41, 5.74) is 1.77. The Labute approximate surface area is 185 Å². The number of anilines is 3. The van der Waals surface area contributed by atoms with Crippen molar-refractivity contribution < 1.29 is 19.1 Å². The molecule has 1 heterocycles. The van der Waals surface area contributed by atoms with E-state index in [1.165, 1.54) is 4.90 Å². The van der Waals surface area contributed by atoms with Gasteiger partial charge in [0.15, 0.2) is 0 Å². The average molecular weight is 443 g/mol. The molecule has 0 saturated heterocycles. The Morgan fingerprint density at radius 3 is 2.65 bits per heavy atom. The highest BCUT2D eigenvalue weighted by atomic mass is 32.2. The van der Waals surface area contributed by atoms with E-state index < -0.39 is 12.1 Å². The number of carbonyl (C=O) groups is 3. The van der Waals surface area contributed by atoms with Crippen molar-refractivity contribution in [3.63, 3.8) is 0 Å². The van der Waals surface area contributed by atoms with Crippen LogP contribution in [0.3, 0.4) is 0 Å². The number of para-hydroxylation sites is 2. The number of fused-ring (bicyclic) bond motifs is 1. The fourth-order valence-electron chi connectivity index (χ4n) is 3.18. The van der Waals surface area contributed by atoms with Crippen LogP contribution in [0.4, 0.5) is 21.9 Å². The van der Waals surface area contributed by atoms with Gasteiger partial charge in [0.05, 0.1) is 18.0 Å². The molecule has 1 atom stereocenters. The van der Waals surface area contributed by atoms with Gasteiger partial charge in [-0.1, -0.05) is 12.1 Å². The van der Waals surface area contributed by atoms with E-state index in [1.807, 2.05) is 13.2 Å². The Bertz CT molecular complexity index is 935. The molecule has 9 heteroatoms. The van der Waals surface area contributed by atoms with Crippen molar-refractivity contribution >= 4 is 46.7 Å². The number of rotatable bonds is 8. The molecule has 0 bridgehead atoms. The number of amides is 4. The second-order valence-electron chi connectivity index (χ2n) is 6.88. The third kappa shape index (κ3) is 5.91. The minimum Gasteiger partial charge on any atom is -0.494 e. The lowest BCUT2D eigenvalue weighted by atomic mass is 10.2. The minimum absolute atomic E-state index is 0.112. The predicted octanol–water partition coefficient (Wildman–Crippen LogP) is 3.31. The van der Waals surface area contributed by atoms with Crippen molar-refractivity contribution in [2.24, 2.45) is 0 Å². The van der Waals surface area contributed by atoms with Crippen LogP contribution >= 0.6 is 11.8 Å². The van der Waals surface area contributed by atoms with Crippen LogP contribution < -0.4 is 25.6 Å². The molecule has 3 N–H and O–H groups in total. The maximum absolute atomic E-state index is 13.0. The SMILES string of the molecule is CCOc1ccc(NC(=O)[C@H](CCSC)NC(=O)N2CC(=O)Nc3ccccc32)cc1. The van der Waals surface area contributed by atoms with Crippen LogP contribution in [-0.4, -0.2) is 49.0 Å². The first kappa shape index (κ1) is 22.5. The molecule has 0 aliphatic carbocycles. The fraction of sp³-hybridized carbons (Fsp3) is 0.318. The molecule has 0 fully saturated rings. The number of thioether (sulfide) groups is 1.